The van der Waals surface area contributed by atoms with Gasteiger partial charge in [0.15, 0.2) is 5.11 Å². The molecule has 0 radical (unpaired) electrons. The van der Waals surface area contributed by atoms with E-state index >= 15 is 0 Å². The Morgan fingerprint density at radius 3 is 2.43 bits per heavy atom. The van der Waals surface area contributed by atoms with Crippen molar-refractivity contribution in [3.8, 4) is 5.69 Å². The summed E-state index contributed by atoms with van der Waals surface area (Å²) >= 11 is 5.87. The molecule has 176 valence electrons. The van der Waals surface area contributed by atoms with Crippen LogP contribution < -0.4 is 10.2 Å². The number of nitrogens with one attached hydrogen (secondary N) is 1. The van der Waals surface area contributed by atoms with Crippen LogP contribution >= 0.6 is 12.2 Å². The van der Waals surface area contributed by atoms with Gasteiger partial charge in [-0.2, -0.15) is 0 Å². The van der Waals surface area contributed by atoms with Crippen molar-refractivity contribution >= 4 is 29.0 Å². The van der Waals surface area contributed by atoms with Gasteiger partial charge in [0.05, 0.1) is 24.4 Å². The largest absolute Gasteiger partial charge is 0.465 e. The number of thiocarbonyl (C=S) groups is 1. The Morgan fingerprint density at radius 2 is 1.74 bits per heavy atom. The first-order valence-corrected chi connectivity index (χ1v) is 11.8. The second-order valence-electron chi connectivity index (χ2n) is 8.61. The third-order valence-corrected chi connectivity index (χ3v) is 6.83. The van der Waals surface area contributed by atoms with Crippen molar-refractivity contribution in [2.24, 2.45) is 0 Å². The first-order chi connectivity index (χ1) is 17.0. The molecular formula is C28H26N4O2S. The molecule has 0 amide bonds. The number of esters is 1. The van der Waals surface area contributed by atoms with Crippen molar-refractivity contribution in [1.29, 1.82) is 0 Å². The van der Waals surface area contributed by atoms with Crippen molar-refractivity contribution in [3.63, 3.8) is 0 Å². The predicted molar refractivity (Wildman–Crippen MR) is 141 cm³/mol. The molecule has 2 aromatic carbocycles. The summed E-state index contributed by atoms with van der Waals surface area (Å²) in [4.78, 5) is 18.7. The van der Waals surface area contributed by atoms with Gasteiger partial charge >= 0.3 is 5.97 Å². The maximum absolute atomic E-state index is 11.9. The Bertz CT molecular complexity index is 1380. The van der Waals surface area contributed by atoms with E-state index in [1.165, 1.54) is 18.2 Å². The smallest absolute Gasteiger partial charge is 0.337 e. The van der Waals surface area contributed by atoms with Gasteiger partial charge in [0.2, 0.25) is 0 Å². The molecule has 0 unspecified atom stereocenters. The van der Waals surface area contributed by atoms with E-state index in [0.29, 0.717) is 10.7 Å². The zero-order valence-corrected chi connectivity index (χ0v) is 20.6. The summed E-state index contributed by atoms with van der Waals surface area (Å²) in [5, 5.41) is 4.18. The van der Waals surface area contributed by atoms with Gasteiger partial charge < -0.3 is 19.5 Å². The van der Waals surface area contributed by atoms with Crippen LogP contribution in [0.4, 0.5) is 5.69 Å². The lowest BCUT2D eigenvalue weighted by atomic mass is 10.00. The van der Waals surface area contributed by atoms with Crippen LogP contribution in [-0.4, -0.2) is 27.7 Å². The number of hydrogen-bond donors (Lipinski definition) is 1. The number of aromatic nitrogens is 2. The average Bonchev–Trinajstić information content (AvgIpc) is 3.50. The highest BCUT2D eigenvalue weighted by atomic mass is 32.1. The number of methoxy groups -OCH3 is 1. The van der Waals surface area contributed by atoms with E-state index in [-0.39, 0.29) is 18.1 Å². The summed E-state index contributed by atoms with van der Waals surface area (Å²) in [5.74, 6) is -0.356. The minimum Gasteiger partial charge on any atom is -0.465 e. The fraction of sp³-hybridized carbons (Fsp3) is 0.179. The summed E-state index contributed by atoms with van der Waals surface area (Å²) in [6.07, 6.45) is 3.83. The van der Waals surface area contributed by atoms with Gasteiger partial charge in [-0.25, -0.2) is 4.79 Å². The number of ether oxygens (including phenoxy) is 1. The van der Waals surface area contributed by atoms with E-state index < -0.39 is 0 Å². The van der Waals surface area contributed by atoms with Gasteiger partial charge in [0, 0.05) is 29.5 Å². The van der Waals surface area contributed by atoms with Crippen molar-refractivity contribution in [2.45, 2.75) is 25.9 Å². The molecule has 1 aliphatic rings. The quantitative estimate of drug-likeness (QED) is 0.301. The average molecular weight is 483 g/mol. The summed E-state index contributed by atoms with van der Waals surface area (Å²) in [6, 6.07) is 23.6. The first-order valence-electron chi connectivity index (χ1n) is 11.4. The number of anilines is 1. The van der Waals surface area contributed by atoms with E-state index in [1.807, 2.05) is 42.6 Å². The van der Waals surface area contributed by atoms with Crippen LogP contribution in [0.1, 0.15) is 45.0 Å². The Labute approximate surface area is 210 Å². The summed E-state index contributed by atoms with van der Waals surface area (Å²) < 4.78 is 6.98. The lowest BCUT2D eigenvalue weighted by molar-refractivity contribution is 0.0600. The molecule has 7 heteroatoms. The zero-order valence-electron chi connectivity index (χ0n) is 19.8. The number of nitrogens with zero attached hydrogens (tertiary/aromatic N) is 3. The van der Waals surface area contributed by atoms with Gasteiger partial charge in [-0.15, -0.1) is 0 Å². The second-order valence-corrected chi connectivity index (χ2v) is 8.99. The molecule has 1 N–H and O–H groups in total. The Hall–Kier alpha value is -3.97. The molecule has 0 aliphatic carbocycles. The van der Waals surface area contributed by atoms with E-state index in [2.05, 4.69) is 57.9 Å². The number of carbonyl (C=O) groups excluding carboxylic acids is 1. The van der Waals surface area contributed by atoms with Crippen LogP contribution in [-0.2, 0) is 4.74 Å². The molecule has 0 spiro atoms. The number of aryl methyl sites for hydroxylation is 2. The lowest BCUT2D eigenvalue weighted by Gasteiger charge is -2.29. The molecule has 5 rings (SSSR count). The standard InChI is InChI=1S/C28H26N4O2S/c1-18-9-12-22(17-19(18)2)32-26(25(30-28(32)35)23-7-4-5-15-29-23)24-8-6-16-31(24)21-13-10-20(11-14-21)27(33)34-3/h4-17,25-26H,1-3H3,(H,30,35)/t25-,26-/m0/s1. The highest BCUT2D eigenvalue weighted by molar-refractivity contribution is 7.80. The fourth-order valence-electron chi connectivity index (χ4n) is 4.56. The molecule has 1 saturated heterocycles. The van der Waals surface area contributed by atoms with E-state index in [1.54, 1.807) is 18.3 Å². The second kappa shape index (κ2) is 9.35. The van der Waals surface area contributed by atoms with E-state index in [0.717, 1.165) is 22.8 Å². The monoisotopic (exact) mass is 482 g/mol. The van der Waals surface area contributed by atoms with Gasteiger partial charge in [-0.1, -0.05) is 12.1 Å². The van der Waals surface area contributed by atoms with Crippen molar-refractivity contribution in [2.75, 3.05) is 12.0 Å². The number of pyridine rings is 1. The molecule has 0 saturated carbocycles. The van der Waals surface area contributed by atoms with Gasteiger partial charge in [0.1, 0.15) is 6.04 Å². The van der Waals surface area contributed by atoms with Crippen LogP contribution in [0.2, 0.25) is 0 Å². The Kier molecular flexibility index (Phi) is 6.09. The third kappa shape index (κ3) is 4.19. The minimum atomic E-state index is -0.356. The molecule has 4 aromatic rings. The Morgan fingerprint density at radius 1 is 0.971 bits per heavy atom. The van der Waals surface area contributed by atoms with Crippen LogP contribution in [0.15, 0.2) is 85.2 Å². The molecule has 0 bridgehead atoms. The van der Waals surface area contributed by atoms with Gasteiger partial charge in [-0.05, 0) is 97.9 Å². The summed E-state index contributed by atoms with van der Waals surface area (Å²) in [6.45, 7) is 4.22. The third-order valence-electron chi connectivity index (χ3n) is 6.52. The molecule has 2 aromatic heterocycles. The van der Waals surface area contributed by atoms with Crippen LogP contribution in [0.25, 0.3) is 5.69 Å². The molecule has 3 heterocycles. The normalized spacial score (nSPS) is 17.3. The molecular weight excluding hydrogens is 456 g/mol. The fourth-order valence-corrected chi connectivity index (χ4v) is 4.90. The molecule has 35 heavy (non-hydrogen) atoms. The summed E-state index contributed by atoms with van der Waals surface area (Å²) in [7, 11) is 1.38. The molecule has 6 nitrogen and oxygen atoms in total. The van der Waals surface area contributed by atoms with E-state index in [9.17, 15) is 4.79 Å². The molecule has 1 aliphatic heterocycles. The number of hydrogen-bond acceptors (Lipinski definition) is 4. The number of carbonyl (C=O) groups is 1. The predicted octanol–water partition coefficient (Wildman–Crippen LogP) is 5.45. The van der Waals surface area contributed by atoms with Crippen molar-refractivity contribution < 1.29 is 9.53 Å². The SMILES string of the molecule is COC(=O)c1ccc(-n2cccc2[C@H]2[C@H](c3ccccn3)NC(=S)N2c2ccc(C)c(C)c2)cc1. The van der Waals surface area contributed by atoms with Crippen molar-refractivity contribution in [1.82, 2.24) is 14.9 Å². The first kappa shape index (κ1) is 22.8. The number of benzene rings is 2. The highest BCUT2D eigenvalue weighted by Crippen LogP contribution is 2.42. The van der Waals surface area contributed by atoms with Crippen molar-refractivity contribution in [3.05, 3.63) is 113 Å². The molecule has 2 atom stereocenters. The van der Waals surface area contributed by atoms with Gasteiger partial charge in [0.25, 0.3) is 0 Å². The summed E-state index contributed by atoms with van der Waals surface area (Å²) in [5.41, 5.74) is 6.89. The molecule has 1 fully saturated rings. The maximum atomic E-state index is 11.9. The number of rotatable bonds is 5. The van der Waals surface area contributed by atoms with Crippen LogP contribution in [0.5, 0.6) is 0 Å². The lowest BCUT2D eigenvalue weighted by Crippen LogP contribution is -2.30. The van der Waals surface area contributed by atoms with E-state index in [4.69, 9.17) is 17.0 Å². The maximum Gasteiger partial charge on any atom is 0.337 e. The highest BCUT2D eigenvalue weighted by Gasteiger charge is 2.42. The zero-order chi connectivity index (χ0) is 24.5. The minimum absolute atomic E-state index is 0.144. The Balaban J connectivity index is 1.63. The van der Waals surface area contributed by atoms with Gasteiger partial charge in [-0.3, -0.25) is 4.98 Å². The topological polar surface area (TPSA) is 59.4 Å². The van der Waals surface area contributed by atoms with Crippen LogP contribution in [0, 0.1) is 13.8 Å². The van der Waals surface area contributed by atoms with Crippen LogP contribution in [0.3, 0.4) is 0 Å².